The largest absolute Gasteiger partial charge is 0.378 e. The molecule has 0 bridgehead atoms. The summed E-state index contributed by atoms with van der Waals surface area (Å²) in [6, 6.07) is 4.39. The number of benzene rings is 1. The Labute approximate surface area is 127 Å². The Kier molecular flexibility index (Phi) is 5.44. The first kappa shape index (κ1) is 15.6. The number of thioether (sulfide) groups is 1. The van der Waals surface area contributed by atoms with Gasteiger partial charge in [-0.05, 0) is 30.7 Å². The third-order valence-electron chi connectivity index (χ3n) is 3.48. The lowest BCUT2D eigenvalue weighted by Crippen LogP contribution is -2.21. The highest BCUT2D eigenvalue weighted by atomic mass is 32.2. The number of nitrogens with zero attached hydrogens (tertiary/aromatic N) is 1. The number of amides is 1. The molecule has 1 unspecified atom stereocenters. The van der Waals surface area contributed by atoms with E-state index in [1.165, 1.54) is 32.0 Å². The van der Waals surface area contributed by atoms with E-state index in [2.05, 4.69) is 10.6 Å². The first-order chi connectivity index (χ1) is 10.1. The smallest absolute Gasteiger partial charge is 0.292 e. The number of hydrogen-bond acceptors (Lipinski definition) is 5. The monoisotopic (exact) mass is 309 g/mol. The molecule has 6 nitrogen and oxygen atoms in total. The van der Waals surface area contributed by atoms with Gasteiger partial charge in [-0.3, -0.25) is 14.9 Å². The van der Waals surface area contributed by atoms with Crippen LogP contribution in [0.4, 0.5) is 11.4 Å². The molecule has 0 aliphatic carbocycles. The van der Waals surface area contributed by atoms with E-state index in [1.54, 1.807) is 6.07 Å². The van der Waals surface area contributed by atoms with Crippen LogP contribution in [0.2, 0.25) is 0 Å². The molecule has 1 aromatic carbocycles. The summed E-state index contributed by atoms with van der Waals surface area (Å²) in [5, 5.41) is 17.2. The van der Waals surface area contributed by atoms with Crippen LogP contribution in [0.15, 0.2) is 18.2 Å². The summed E-state index contributed by atoms with van der Waals surface area (Å²) in [5.41, 5.74) is 0.831. The molecular formula is C14H19N3O3S. The molecule has 2 rings (SSSR count). The zero-order chi connectivity index (χ0) is 15.2. The SMILES string of the molecule is CNC(=O)c1ccc([N+](=O)[O-])c(NCC2CCCCS2)c1. The number of hydrogen-bond donors (Lipinski definition) is 2. The predicted octanol–water partition coefficient (Wildman–Crippen LogP) is 2.65. The van der Waals surface area contributed by atoms with Crippen molar-refractivity contribution >= 4 is 29.0 Å². The van der Waals surface area contributed by atoms with Gasteiger partial charge in [-0.2, -0.15) is 11.8 Å². The number of nitro benzene ring substituents is 1. The van der Waals surface area contributed by atoms with Crippen molar-refractivity contribution < 1.29 is 9.72 Å². The Morgan fingerprint density at radius 1 is 1.48 bits per heavy atom. The molecule has 1 amide bonds. The van der Waals surface area contributed by atoms with E-state index in [0.717, 1.165) is 12.2 Å². The van der Waals surface area contributed by atoms with Gasteiger partial charge in [0.1, 0.15) is 5.69 Å². The number of carbonyl (C=O) groups excluding carboxylic acids is 1. The van der Waals surface area contributed by atoms with E-state index in [9.17, 15) is 14.9 Å². The van der Waals surface area contributed by atoms with Crippen LogP contribution in [0, 0.1) is 10.1 Å². The fourth-order valence-corrected chi connectivity index (χ4v) is 3.55. The zero-order valence-corrected chi connectivity index (χ0v) is 12.7. The van der Waals surface area contributed by atoms with Gasteiger partial charge in [-0.1, -0.05) is 6.42 Å². The van der Waals surface area contributed by atoms with Crippen molar-refractivity contribution in [1.29, 1.82) is 0 Å². The average Bonchev–Trinajstić information content (AvgIpc) is 2.52. The van der Waals surface area contributed by atoms with Gasteiger partial charge in [-0.15, -0.1) is 0 Å². The van der Waals surface area contributed by atoms with Crippen LogP contribution in [-0.2, 0) is 0 Å². The van der Waals surface area contributed by atoms with Gasteiger partial charge in [0, 0.05) is 30.5 Å². The van der Waals surface area contributed by atoms with E-state index < -0.39 is 4.92 Å². The summed E-state index contributed by atoms with van der Waals surface area (Å²) in [4.78, 5) is 22.3. The molecule has 21 heavy (non-hydrogen) atoms. The molecule has 114 valence electrons. The van der Waals surface area contributed by atoms with Crippen LogP contribution >= 0.6 is 11.8 Å². The van der Waals surface area contributed by atoms with Crippen LogP contribution in [-0.4, -0.2) is 35.4 Å². The zero-order valence-electron chi connectivity index (χ0n) is 11.9. The average molecular weight is 309 g/mol. The summed E-state index contributed by atoms with van der Waals surface area (Å²) in [5.74, 6) is 0.896. The molecule has 1 atom stereocenters. The first-order valence-corrected chi connectivity index (χ1v) is 8.02. The summed E-state index contributed by atoms with van der Waals surface area (Å²) < 4.78 is 0. The lowest BCUT2D eigenvalue weighted by Gasteiger charge is -2.22. The fraction of sp³-hybridized carbons (Fsp3) is 0.500. The molecular weight excluding hydrogens is 290 g/mol. The second-order valence-electron chi connectivity index (χ2n) is 4.94. The van der Waals surface area contributed by atoms with Gasteiger partial charge in [-0.25, -0.2) is 0 Å². The topological polar surface area (TPSA) is 84.3 Å². The molecule has 1 aliphatic heterocycles. The molecule has 1 aliphatic rings. The lowest BCUT2D eigenvalue weighted by atomic mass is 10.1. The number of nitro groups is 1. The molecule has 1 heterocycles. The highest BCUT2D eigenvalue weighted by Gasteiger charge is 2.19. The molecule has 1 aromatic rings. The molecule has 0 radical (unpaired) electrons. The van der Waals surface area contributed by atoms with Crippen LogP contribution in [0.3, 0.4) is 0 Å². The second-order valence-corrected chi connectivity index (χ2v) is 6.35. The van der Waals surface area contributed by atoms with Crippen molar-refractivity contribution in [3.05, 3.63) is 33.9 Å². The van der Waals surface area contributed by atoms with Gasteiger partial charge in [0.15, 0.2) is 0 Å². The van der Waals surface area contributed by atoms with Gasteiger partial charge in [0.25, 0.3) is 11.6 Å². The second kappa shape index (κ2) is 7.31. The molecule has 1 saturated heterocycles. The maximum atomic E-state index is 11.6. The van der Waals surface area contributed by atoms with Crippen LogP contribution in [0.1, 0.15) is 29.6 Å². The standard InChI is InChI=1S/C14H19N3O3S/c1-15-14(18)10-5-6-13(17(19)20)12(8-10)16-9-11-4-2-3-7-21-11/h5-6,8,11,16H,2-4,7,9H2,1H3,(H,15,18). The minimum atomic E-state index is -0.427. The molecule has 0 spiro atoms. The number of rotatable bonds is 5. The van der Waals surface area contributed by atoms with Crippen LogP contribution in [0.5, 0.6) is 0 Å². The third kappa shape index (κ3) is 4.10. The number of anilines is 1. The van der Waals surface area contributed by atoms with Crippen molar-refractivity contribution in [2.45, 2.75) is 24.5 Å². The summed E-state index contributed by atoms with van der Waals surface area (Å²) in [6.07, 6.45) is 3.58. The van der Waals surface area contributed by atoms with E-state index >= 15 is 0 Å². The minimum absolute atomic E-state index is 0.00321. The van der Waals surface area contributed by atoms with Gasteiger partial charge < -0.3 is 10.6 Å². The molecule has 0 saturated carbocycles. The quantitative estimate of drug-likeness (QED) is 0.645. The first-order valence-electron chi connectivity index (χ1n) is 6.98. The fourth-order valence-electron chi connectivity index (χ4n) is 2.31. The van der Waals surface area contributed by atoms with Crippen molar-refractivity contribution in [2.24, 2.45) is 0 Å². The van der Waals surface area contributed by atoms with E-state index in [1.807, 2.05) is 11.8 Å². The van der Waals surface area contributed by atoms with Crippen LogP contribution in [0.25, 0.3) is 0 Å². The lowest BCUT2D eigenvalue weighted by molar-refractivity contribution is -0.384. The third-order valence-corrected chi connectivity index (χ3v) is 4.87. The number of carbonyl (C=O) groups is 1. The molecule has 2 N–H and O–H groups in total. The van der Waals surface area contributed by atoms with Crippen molar-refractivity contribution in [1.82, 2.24) is 5.32 Å². The van der Waals surface area contributed by atoms with E-state index in [4.69, 9.17) is 0 Å². The summed E-state index contributed by atoms with van der Waals surface area (Å²) in [6.45, 7) is 0.683. The Bertz CT molecular complexity index is 530. The van der Waals surface area contributed by atoms with Crippen LogP contribution < -0.4 is 10.6 Å². The highest BCUT2D eigenvalue weighted by molar-refractivity contribution is 7.99. The molecule has 1 fully saturated rings. The van der Waals surface area contributed by atoms with Gasteiger partial charge in [0.05, 0.1) is 4.92 Å². The van der Waals surface area contributed by atoms with Crippen molar-refractivity contribution in [2.75, 3.05) is 24.7 Å². The Balaban J connectivity index is 2.13. The maximum absolute atomic E-state index is 11.6. The Morgan fingerprint density at radius 2 is 2.29 bits per heavy atom. The van der Waals surface area contributed by atoms with E-state index in [-0.39, 0.29) is 11.6 Å². The normalized spacial score (nSPS) is 18.0. The summed E-state index contributed by atoms with van der Waals surface area (Å²) in [7, 11) is 1.54. The minimum Gasteiger partial charge on any atom is -0.378 e. The summed E-state index contributed by atoms with van der Waals surface area (Å²) >= 11 is 1.90. The Hall–Kier alpha value is -1.76. The highest BCUT2D eigenvalue weighted by Crippen LogP contribution is 2.29. The van der Waals surface area contributed by atoms with Gasteiger partial charge >= 0.3 is 0 Å². The molecule has 0 aromatic heterocycles. The van der Waals surface area contributed by atoms with E-state index in [0.29, 0.717) is 23.0 Å². The Morgan fingerprint density at radius 3 is 2.90 bits per heavy atom. The predicted molar refractivity (Wildman–Crippen MR) is 85.1 cm³/mol. The van der Waals surface area contributed by atoms with Crippen molar-refractivity contribution in [3.63, 3.8) is 0 Å². The van der Waals surface area contributed by atoms with Gasteiger partial charge in [0.2, 0.25) is 0 Å². The molecule has 7 heteroatoms. The number of nitrogens with one attached hydrogen (secondary N) is 2. The van der Waals surface area contributed by atoms with Crippen molar-refractivity contribution in [3.8, 4) is 0 Å². The maximum Gasteiger partial charge on any atom is 0.292 e.